The number of rotatable bonds is 9. The first-order valence-corrected chi connectivity index (χ1v) is 14.6. The van der Waals surface area contributed by atoms with Crippen LogP contribution >= 0.6 is 0 Å². The summed E-state index contributed by atoms with van der Waals surface area (Å²) in [5.74, 6) is 1.63. The van der Waals surface area contributed by atoms with Crippen LogP contribution < -0.4 is 5.32 Å². The second-order valence-electron chi connectivity index (χ2n) is 10.9. The summed E-state index contributed by atoms with van der Waals surface area (Å²) in [6.07, 6.45) is 16.8. The maximum absolute atomic E-state index is 4.56. The molecule has 2 aromatic rings. The third-order valence-electron chi connectivity index (χ3n) is 6.80. The van der Waals surface area contributed by atoms with Gasteiger partial charge in [0.15, 0.2) is 0 Å². The molecule has 0 fully saturated rings. The monoisotopic (exact) mass is 527 g/mol. The van der Waals surface area contributed by atoms with E-state index in [-0.39, 0.29) is 0 Å². The summed E-state index contributed by atoms with van der Waals surface area (Å²) in [5.41, 5.74) is 8.94. The molecule has 1 aliphatic rings. The Bertz CT molecular complexity index is 1080. The van der Waals surface area contributed by atoms with E-state index >= 15 is 0 Å². The van der Waals surface area contributed by atoms with Gasteiger partial charge in [0.25, 0.3) is 0 Å². The van der Waals surface area contributed by atoms with E-state index in [1.165, 1.54) is 28.0 Å². The Morgan fingerprint density at radius 2 is 1.62 bits per heavy atom. The summed E-state index contributed by atoms with van der Waals surface area (Å²) in [6, 6.07) is 12.6. The molecule has 1 aliphatic carbocycles. The zero-order valence-electron chi connectivity index (χ0n) is 26.1. The zero-order valence-corrected chi connectivity index (χ0v) is 26.1. The van der Waals surface area contributed by atoms with Gasteiger partial charge in [0.2, 0.25) is 0 Å². The SMILES string of the molecule is C=C(Nc1ccc(CC)cc1)C(C)C.CC(C)c1ccncc1.CC/C(=C\N=C(C)C(C)C)C1=CC=CCC1. The van der Waals surface area contributed by atoms with Crippen LogP contribution in [0, 0.1) is 11.8 Å². The topological polar surface area (TPSA) is 37.3 Å². The molecule has 1 heterocycles. The Morgan fingerprint density at radius 1 is 0.974 bits per heavy atom. The van der Waals surface area contributed by atoms with Gasteiger partial charge in [-0.2, -0.15) is 0 Å². The minimum absolute atomic E-state index is 0.473. The lowest BCUT2D eigenvalue weighted by atomic mass is 9.96. The second-order valence-corrected chi connectivity index (χ2v) is 10.9. The molecular formula is C36H53N3. The van der Waals surface area contributed by atoms with Crippen LogP contribution in [-0.2, 0) is 6.42 Å². The highest BCUT2D eigenvalue weighted by atomic mass is 14.9. The lowest BCUT2D eigenvalue weighted by molar-refractivity contribution is 0.778. The number of aryl methyl sites for hydroxylation is 1. The van der Waals surface area contributed by atoms with E-state index in [2.05, 4.69) is 133 Å². The average molecular weight is 528 g/mol. The third kappa shape index (κ3) is 14.0. The van der Waals surface area contributed by atoms with Crippen LogP contribution in [0.25, 0.3) is 0 Å². The second kappa shape index (κ2) is 19.0. The van der Waals surface area contributed by atoms with Crippen molar-refractivity contribution < 1.29 is 0 Å². The van der Waals surface area contributed by atoms with Crippen LogP contribution in [0.2, 0.25) is 0 Å². The number of nitrogens with zero attached hydrogens (tertiary/aromatic N) is 2. The van der Waals surface area contributed by atoms with Crippen molar-refractivity contribution >= 4 is 11.4 Å². The number of hydrogen-bond donors (Lipinski definition) is 1. The number of aliphatic imine (C=N–C) groups is 1. The zero-order chi connectivity index (χ0) is 29.2. The van der Waals surface area contributed by atoms with Crippen LogP contribution in [0.3, 0.4) is 0 Å². The fourth-order valence-corrected chi connectivity index (χ4v) is 3.50. The highest BCUT2D eigenvalue weighted by Crippen LogP contribution is 2.23. The van der Waals surface area contributed by atoms with Crippen molar-refractivity contribution in [3.63, 3.8) is 0 Å². The molecule has 1 aromatic heterocycles. The molecule has 39 heavy (non-hydrogen) atoms. The lowest BCUT2D eigenvalue weighted by Crippen LogP contribution is -2.04. The normalized spacial score (nSPS) is 13.4. The van der Waals surface area contributed by atoms with Crippen LogP contribution in [0.15, 0.2) is 102 Å². The van der Waals surface area contributed by atoms with Gasteiger partial charge in [0.1, 0.15) is 0 Å². The standard InChI is InChI=1S/C15H23N.C13H19N.C8H11N/c1-5-14(11-16-13(4)12(2)3)15-9-7-6-8-10-15;1-5-12-6-8-13(9-7-12)14-11(4)10(2)3;1-7(2)8-3-5-9-6-4-8/h6-7,9,11-12H,5,8,10H2,1-4H3;6-10,14H,4-5H2,1-3H3;3-7H,1-2H3/b14-11+,16-13?;;. The predicted octanol–water partition coefficient (Wildman–Crippen LogP) is 10.7. The van der Waals surface area contributed by atoms with Crippen molar-refractivity contribution in [2.45, 2.75) is 93.9 Å². The Balaban J connectivity index is 0.000000303. The summed E-state index contributed by atoms with van der Waals surface area (Å²) in [6.45, 7) is 23.4. The molecule has 3 nitrogen and oxygen atoms in total. The first-order chi connectivity index (χ1) is 18.6. The molecule has 1 aromatic carbocycles. The minimum Gasteiger partial charge on any atom is -0.359 e. The van der Waals surface area contributed by atoms with Crippen molar-refractivity contribution in [2.24, 2.45) is 16.8 Å². The van der Waals surface area contributed by atoms with Gasteiger partial charge in [-0.05, 0) is 96.9 Å². The van der Waals surface area contributed by atoms with E-state index < -0.39 is 0 Å². The van der Waals surface area contributed by atoms with Gasteiger partial charge in [0, 0.05) is 35.7 Å². The maximum atomic E-state index is 4.56. The van der Waals surface area contributed by atoms with Crippen LogP contribution in [0.5, 0.6) is 0 Å². The van der Waals surface area contributed by atoms with E-state index in [0.717, 1.165) is 37.1 Å². The van der Waals surface area contributed by atoms with Crippen LogP contribution in [0.4, 0.5) is 5.69 Å². The molecule has 0 saturated carbocycles. The molecule has 0 saturated heterocycles. The molecule has 0 radical (unpaired) electrons. The van der Waals surface area contributed by atoms with Crippen LogP contribution in [-0.4, -0.2) is 10.7 Å². The third-order valence-corrected chi connectivity index (χ3v) is 6.80. The number of aromatic nitrogens is 1. The summed E-state index contributed by atoms with van der Waals surface area (Å²) in [5, 5.41) is 3.30. The predicted molar refractivity (Wildman–Crippen MR) is 175 cm³/mol. The summed E-state index contributed by atoms with van der Waals surface area (Å²) in [4.78, 5) is 8.49. The van der Waals surface area contributed by atoms with E-state index in [9.17, 15) is 0 Å². The number of pyridine rings is 1. The molecule has 3 heteroatoms. The van der Waals surface area contributed by atoms with Crippen LogP contribution in [0.1, 0.15) is 98.6 Å². The summed E-state index contributed by atoms with van der Waals surface area (Å²) in [7, 11) is 0. The molecule has 0 atom stereocenters. The number of anilines is 1. The molecule has 0 spiro atoms. The Morgan fingerprint density at radius 3 is 2.05 bits per heavy atom. The Kier molecular flexibility index (Phi) is 16.4. The molecule has 3 rings (SSSR count). The van der Waals surface area contributed by atoms with Gasteiger partial charge < -0.3 is 5.32 Å². The lowest BCUT2D eigenvalue weighted by Gasteiger charge is -2.12. The molecular weight excluding hydrogens is 474 g/mol. The largest absolute Gasteiger partial charge is 0.359 e. The van der Waals surface area contributed by atoms with Crippen molar-refractivity contribution in [2.75, 3.05) is 5.32 Å². The quantitative estimate of drug-likeness (QED) is 0.329. The van der Waals surface area contributed by atoms with Crippen molar-refractivity contribution in [3.8, 4) is 0 Å². The van der Waals surface area contributed by atoms with Crippen molar-refractivity contribution in [1.29, 1.82) is 0 Å². The van der Waals surface area contributed by atoms with Gasteiger partial charge in [0.05, 0.1) is 0 Å². The molecule has 0 aliphatic heterocycles. The van der Waals surface area contributed by atoms with Crippen molar-refractivity contribution in [3.05, 3.63) is 108 Å². The number of nitrogens with one attached hydrogen (secondary N) is 1. The summed E-state index contributed by atoms with van der Waals surface area (Å²) >= 11 is 0. The maximum Gasteiger partial charge on any atom is 0.0381 e. The molecule has 0 unspecified atom stereocenters. The fraction of sp³-hybridized carbons (Fsp3) is 0.444. The minimum atomic E-state index is 0.473. The number of benzene rings is 1. The highest BCUT2D eigenvalue weighted by Gasteiger charge is 2.05. The van der Waals surface area contributed by atoms with E-state index in [0.29, 0.717) is 17.8 Å². The van der Waals surface area contributed by atoms with E-state index in [4.69, 9.17) is 0 Å². The first-order valence-electron chi connectivity index (χ1n) is 14.6. The molecule has 1 N–H and O–H groups in total. The smallest absolute Gasteiger partial charge is 0.0381 e. The van der Waals surface area contributed by atoms with Gasteiger partial charge in [-0.25, -0.2) is 0 Å². The molecule has 212 valence electrons. The molecule has 0 amide bonds. The molecule has 0 bridgehead atoms. The summed E-state index contributed by atoms with van der Waals surface area (Å²) < 4.78 is 0. The van der Waals surface area contributed by atoms with Gasteiger partial charge >= 0.3 is 0 Å². The highest BCUT2D eigenvalue weighted by molar-refractivity contribution is 5.84. The number of hydrogen-bond acceptors (Lipinski definition) is 3. The van der Waals surface area contributed by atoms with Gasteiger partial charge in [-0.3, -0.25) is 9.98 Å². The van der Waals surface area contributed by atoms with Crippen molar-refractivity contribution in [1.82, 2.24) is 4.98 Å². The Hall–Kier alpha value is -3.20. The Labute approximate surface area is 240 Å². The average Bonchev–Trinajstić information content (AvgIpc) is 2.95. The number of allylic oxidation sites excluding steroid dienone is 6. The fourth-order valence-electron chi connectivity index (χ4n) is 3.50. The first kappa shape index (κ1) is 33.8. The van der Waals surface area contributed by atoms with Gasteiger partial charge in [-0.15, -0.1) is 0 Å². The van der Waals surface area contributed by atoms with E-state index in [1.807, 2.05) is 24.5 Å². The van der Waals surface area contributed by atoms with Gasteiger partial charge in [-0.1, -0.05) is 92.3 Å². The van der Waals surface area contributed by atoms with E-state index in [1.54, 1.807) is 0 Å².